The summed E-state index contributed by atoms with van der Waals surface area (Å²) in [7, 11) is -1.64. The van der Waals surface area contributed by atoms with Crippen LogP contribution in [-0.2, 0) is 18.6 Å². The minimum atomic E-state index is -4.39. The Labute approximate surface area is 141 Å². The van der Waals surface area contributed by atoms with E-state index in [0.717, 1.165) is 0 Å². The molecule has 134 valence electrons. The summed E-state index contributed by atoms with van der Waals surface area (Å²) in [6.45, 7) is -0.153. The van der Waals surface area contributed by atoms with Crippen LogP contribution in [0.2, 0.25) is 0 Å². The molecule has 0 aromatic heterocycles. The molecule has 0 aliphatic heterocycles. The fourth-order valence-electron chi connectivity index (χ4n) is 1.63. The number of hydrogen-bond donors (Lipinski definition) is 3. The molecule has 24 heavy (non-hydrogen) atoms. The van der Waals surface area contributed by atoms with Gasteiger partial charge in [-0.05, 0) is 24.2 Å². The third-order valence-corrected chi connectivity index (χ3v) is 3.19. The minimum absolute atomic E-state index is 0.0938. The van der Waals surface area contributed by atoms with Crippen molar-refractivity contribution >= 4 is 24.6 Å². The van der Waals surface area contributed by atoms with Gasteiger partial charge in [-0.3, -0.25) is 9.32 Å². The van der Waals surface area contributed by atoms with Crippen LogP contribution in [-0.4, -0.2) is 36.5 Å². The summed E-state index contributed by atoms with van der Waals surface area (Å²) >= 11 is 0. The Hall–Kier alpha value is -1.76. The number of nitrogens with two attached hydrogens (primary N) is 1. The first kappa shape index (κ1) is 22.2. The van der Waals surface area contributed by atoms with Crippen molar-refractivity contribution in [3.63, 3.8) is 0 Å². The van der Waals surface area contributed by atoms with Crippen molar-refractivity contribution in [1.29, 1.82) is 0 Å². The largest absolute Gasteiger partial charge is 0.469 e. The van der Waals surface area contributed by atoms with Gasteiger partial charge in [0.2, 0.25) is 0 Å². The lowest BCUT2D eigenvalue weighted by Crippen LogP contribution is -2.02. The van der Waals surface area contributed by atoms with Crippen molar-refractivity contribution in [3.8, 4) is 0 Å². The van der Waals surface area contributed by atoms with Gasteiger partial charge in [-0.1, -0.05) is 48.5 Å². The summed E-state index contributed by atoms with van der Waals surface area (Å²) in [5.74, 6) is -0.427. The Kier molecular flexibility index (Phi) is 11.7. The highest BCUT2D eigenvalue weighted by Gasteiger charge is 2.13. The second-order valence-corrected chi connectivity index (χ2v) is 5.59. The summed E-state index contributed by atoms with van der Waals surface area (Å²) in [5, 5.41) is 2.62. The lowest BCUT2D eigenvalue weighted by molar-refractivity contribution is -0.140. The number of hydrogen-bond acceptors (Lipinski definition) is 5. The van der Waals surface area contributed by atoms with Crippen molar-refractivity contribution in [3.05, 3.63) is 48.5 Å². The van der Waals surface area contributed by atoms with Crippen LogP contribution in [0.3, 0.4) is 0 Å². The molecule has 0 bridgehead atoms. The van der Waals surface area contributed by atoms with Gasteiger partial charge in [-0.15, -0.1) is 0 Å². The molecule has 2 aromatic carbocycles. The number of benzene rings is 2. The predicted octanol–water partition coefficient (Wildman–Crippen LogP) is 2.46. The maximum atomic E-state index is 10.5. The zero-order valence-corrected chi connectivity index (χ0v) is 14.7. The van der Waals surface area contributed by atoms with Crippen molar-refractivity contribution in [1.82, 2.24) is 0 Å². The molecule has 4 N–H and O–H groups in total. The molecule has 0 saturated heterocycles. The number of carbonyl (C=O) groups is 1. The van der Waals surface area contributed by atoms with Gasteiger partial charge in [0.25, 0.3) is 0 Å². The van der Waals surface area contributed by atoms with Crippen LogP contribution in [0.5, 0.6) is 0 Å². The van der Waals surface area contributed by atoms with Gasteiger partial charge >= 0.3 is 13.8 Å². The summed E-state index contributed by atoms with van der Waals surface area (Å²) in [6, 6.07) is 16.7. The fourth-order valence-corrected chi connectivity index (χ4v) is 2.00. The maximum Gasteiger partial charge on any atom is 0.469 e. The van der Waals surface area contributed by atoms with E-state index in [9.17, 15) is 9.36 Å². The molecule has 0 unspecified atom stereocenters. The number of carbonyl (C=O) groups excluding carboxylic acids is 1. The van der Waals surface area contributed by atoms with E-state index in [0.29, 0.717) is 0 Å². The van der Waals surface area contributed by atoms with Crippen LogP contribution in [0.15, 0.2) is 48.5 Å². The zero-order valence-electron chi connectivity index (χ0n) is 13.8. The smallest absolute Gasteiger partial charge is 0.469 e. The van der Waals surface area contributed by atoms with Crippen LogP contribution >= 0.6 is 7.82 Å². The SMILES string of the molecule is CN.COC(=O)CCCOP(=O)(O)O.c1ccc2ccccc2c1. The molecular formula is C16H24NO6P. The maximum absolute atomic E-state index is 10.5. The minimum Gasteiger partial charge on any atom is -0.469 e. The second kappa shape index (κ2) is 12.6. The van der Waals surface area contributed by atoms with Crippen molar-refractivity contribution in [2.75, 3.05) is 20.8 Å². The van der Waals surface area contributed by atoms with Gasteiger partial charge in [-0.2, -0.15) is 0 Å². The van der Waals surface area contributed by atoms with E-state index in [1.165, 1.54) is 24.9 Å². The molecule has 0 aliphatic carbocycles. The van der Waals surface area contributed by atoms with E-state index in [4.69, 9.17) is 9.79 Å². The van der Waals surface area contributed by atoms with Crippen LogP contribution in [0.1, 0.15) is 12.8 Å². The number of methoxy groups -OCH3 is 1. The van der Waals surface area contributed by atoms with Crippen LogP contribution in [0.4, 0.5) is 0 Å². The molecule has 0 spiro atoms. The molecule has 0 aliphatic rings. The normalized spacial score (nSPS) is 10.0. The highest BCUT2D eigenvalue weighted by molar-refractivity contribution is 7.46. The molecule has 0 atom stereocenters. The van der Waals surface area contributed by atoms with E-state index in [-0.39, 0.29) is 19.4 Å². The molecule has 8 heteroatoms. The van der Waals surface area contributed by atoms with Gasteiger partial charge in [0, 0.05) is 6.42 Å². The summed E-state index contributed by atoms with van der Waals surface area (Å²) in [6.07, 6.45) is 0.328. The van der Waals surface area contributed by atoms with E-state index >= 15 is 0 Å². The standard InChI is InChI=1S/C10H8.C5H11O6P.CH5N/c1-2-6-10-8-4-3-7-9(10)5-1;1-10-5(6)3-2-4-11-12(7,8)9;1-2/h1-8H;2-4H2,1H3,(H2,7,8,9);2H2,1H3. The van der Waals surface area contributed by atoms with Gasteiger partial charge in [0.05, 0.1) is 13.7 Å². The Morgan fingerprint density at radius 1 is 1.04 bits per heavy atom. The number of ether oxygens (including phenoxy) is 1. The van der Waals surface area contributed by atoms with Crippen LogP contribution in [0.25, 0.3) is 10.8 Å². The number of phosphoric ester groups is 1. The first-order valence-electron chi connectivity index (χ1n) is 7.21. The number of fused-ring (bicyclic) bond motifs is 1. The first-order valence-corrected chi connectivity index (χ1v) is 8.74. The molecule has 0 saturated carbocycles. The Balaban J connectivity index is 0.000000402. The van der Waals surface area contributed by atoms with E-state index in [1.54, 1.807) is 0 Å². The van der Waals surface area contributed by atoms with Gasteiger partial charge in [0.15, 0.2) is 0 Å². The first-order chi connectivity index (χ1) is 11.4. The quantitative estimate of drug-likeness (QED) is 0.427. The lowest BCUT2D eigenvalue weighted by Gasteiger charge is -2.03. The number of rotatable bonds is 5. The van der Waals surface area contributed by atoms with E-state index in [2.05, 4.69) is 63.5 Å². The third kappa shape index (κ3) is 10.9. The number of esters is 1. The topological polar surface area (TPSA) is 119 Å². The third-order valence-electron chi connectivity index (χ3n) is 2.67. The van der Waals surface area contributed by atoms with Crippen LogP contribution in [0, 0.1) is 0 Å². The highest BCUT2D eigenvalue weighted by Crippen LogP contribution is 2.35. The lowest BCUT2D eigenvalue weighted by atomic mass is 10.1. The number of phosphoric acid groups is 1. The molecule has 0 amide bonds. The second-order valence-electron chi connectivity index (χ2n) is 4.35. The zero-order chi connectivity index (χ0) is 18.4. The molecule has 0 radical (unpaired) electrons. The molecule has 2 aromatic rings. The monoisotopic (exact) mass is 357 g/mol. The predicted molar refractivity (Wildman–Crippen MR) is 93.3 cm³/mol. The molecule has 7 nitrogen and oxygen atoms in total. The highest BCUT2D eigenvalue weighted by atomic mass is 31.2. The van der Waals surface area contributed by atoms with Crippen molar-refractivity contribution < 1.29 is 28.4 Å². The summed E-state index contributed by atoms with van der Waals surface area (Å²) in [4.78, 5) is 26.9. The van der Waals surface area contributed by atoms with Crippen molar-refractivity contribution in [2.45, 2.75) is 12.8 Å². The fraction of sp³-hybridized carbons (Fsp3) is 0.312. The average molecular weight is 357 g/mol. The molecule has 0 heterocycles. The van der Waals surface area contributed by atoms with Crippen LogP contribution < -0.4 is 5.73 Å². The van der Waals surface area contributed by atoms with Gasteiger partial charge in [-0.25, -0.2) is 4.57 Å². The Bertz CT molecular complexity index is 578. The molecule has 0 fully saturated rings. The van der Waals surface area contributed by atoms with E-state index < -0.39 is 13.8 Å². The summed E-state index contributed by atoms with van der Waals surface area (Å²) in [5.41, 5.74) is 4.50. The summed E-state index contributed by atoms with van der Waals surface area (Å²) < 4.78 is 18.5. The van der Waals surface area contributed by atoms with Gasteiger partial charge in [0.1, 0.15) is 0 Å². The van der Waals surface area contributed by atoms with Crippen molar-refractivity contribution in [2.24, 2.45) is 5.73 Å². The van der Waals surface area contributed by atoms with Gasteiger partial charge < -0.3 is 20.3 Å². The molecular weight excluding hydrogens is 333 g/mol. The van der Waals surface area contributed by atoms with E-state index in [1.807, 2.05) is 0 Å². The molecule has 2 rings (SSSR count). The average Bonchev–Trinajstić information content (AvgIpc) is 2.60. The Morgan fingerprint density at radius 3 is 1.79 bits per heavy atom. The Morgan fingerprint density at radius 2 is 1.46 bits per heavy atom.